The number of azide groups is 1. The van der Waals surface area contributed by atoms with Gasteiger partial charge in [0.1, 0.15) is 36.2 Å². The van der Waals surface area contributed by atoms with Crippen LogP contribution < -0.4 is 31.5 Å². The molecule has 0 saturated carbocycles. The number of phosphoric ester groups is 2. The second-order valence-corrected chi connectivity index (χ2v) is 15.4. The van der Waals surface area contributed by atoms with E-state index < -0.39 is 88.2 Å². The molecule has 2 aromatic heterocycles. The van der Waals surface area contributed by atoms with Gasteiger partial charge in [-0.15, -0.1) is 0 Å². The number of halogens is 1. The Morgan fingerprint density at radius 3 is 1.85 bits per heavy atom. The molecule has 4 unspecified atom stereocenters. The molecule has 0 aliphatic carbocycles. The molecule has 0 radical (unpaired) electrons. The van der Waals surface area contributed by atoms with Crippen molar-refractivity contribution in [1.29, 1.82) is 0 Å². The van der Waals surface area contributed by atoms with Gasteiger partial charge in [0.25, 0.3) is 11.1 Å². The molecule has 3 aromatic rings. The lowest BCUT2D eigenvalue weighted by atomic mass is 10.1. The molecule has 8 atom stereocenters. The lowest BCUT2D eigenvalue weighted by Gasteiger charge is -2.30. The van der Waals surface area contributed by atoms with E-state index in [1.165, 1.54) is 38.4 Å². The normalized spacial score (nSPS) is 30.8. The molecule has 4 aliphatic heterocycles. The van der Waals surface area contributed by atoms with Gasteiger partial charge in [0, 0.05) is 52.4 Å². The van der Waals surface area contributed by atoms with E-state index in [1.807, 2.05) is 0 Å². The quantitative estimate of drug-likeness (QED) is 0.137. The van der Waals surface area contributed by atoms with E-state index in [0.717, 1.165) is 9.13 Å². The first-order valence-electron chi connectivity index (χ1n) is 15.7. The van der Waals surface area contributed by atoms with Crippen LogP contribution in [0.25, 0.3) is 10.4 Å². The molecule has 24 heteroatoms. The van der Waals surface area contributed by atoms with Crippen LogP contribution in [0.4, 0.5) is 4.39 Å². The molecule has 278 valence electrons. The molecule has 21 nitrogen and oxygen atoms in total. The van der Waals surface area contributed by atoms with E-state index in [-0.39, 0.29) is 48.7 Å². The highest BCUT2D eigenvalue weighted by Gasteiger charge is 2.44. The minimum Gasteiger partial charge on any atom is -0.404 e. The van der Waals surface area contributed by atoms with Crippen molar-refractivity contribution in [3.05, 3.63) is 98.9 Å². The van der Waals surface area contributed by atoms with Crippen LogP contribution in [0.5, 0.6) is 11.5 Å². The SMILES string of the molecule is Cc1cn([C@H]2CC(F)[C@@H](COP3(=O)OCc4cc5c(cc4O3)COP(=O)(OC[C@H]3O[C@@H](n4cc(C)c(=O)[nH]c4=O)CC3N=[N+]=[N-])O5)O2)c(=O)[nH]c1=O. The van der Waals surface area contributed by atoms with Crippen molar-refractivity contribution in [2.45, 2.75) is 76.8 Å². The predicted octanol–water partition coefficient (Wildman–Crippen LogP) is 3.06. The zero-order valence-electron chi connectivity index (χ0n) is 27.2. The van der Waals surface area contributed by atoms with E-state index in [4.69, 9.17) is 42.1 Å². The summed E-state index contributed by atoms with van der Waals surface area (Å²) in [6.07, 6.45) is -3.38. The van der Waals surface area contributed by atoms with Crippen molar-refractivity contribution >= 4 is 15.6 Å². The minimum atomic E-state index is -4.28. The van der Waals surface area contributed by atoms with E-state index in [0.29, 0.717) is 11.1 Å². The van der Waals surface area contributed by atoms with Crippen LogP contribution in [0, 0.1) is 13.8 Å². The highest BCUT2D eigenvalue weighted by molar-refractivity contribution is 7.49. The zero-order valence-corrected chi connectivity index (χ0v) is 29.0. The Hall–Kier alpha value is -4.36. The van der Waals surface area contributed by atoms with Crippen LogP contribution in [0.2, 0.25) is 0 Å². The highest BCUT2D eigenvalue weighted by atomic mass is 31.2. The Kier molecular flexibility index (Phi) is 9.62. The average Bonchev–Trinajstić information content (AvgIpc) is 3.68. The van der Waals surface area contributed by atoms with Crippen molar-refractivity contribution in [3.63, 3.8) is 0 Å². The Labute approximate surface area is 290 Å². The van der Waals surface area contributed by atoms with Gasteiger partial charge in [-0.25, -0.2) is 23.1 Å². The van der Waals surface area contributed by atoms with E-state index >= 15 is 0 Å². The summed E-state index contributed by atoms with van der Waals surface area (Å²) < 4.78 is 88.1. The van der Waals surface area contributed by atoms with Crippen molar-refractivity contribution < 1.29 is 50.1 Å². The molecule has 2 saturated heterocycles. The molecule has 7 rings (SSSR count). The molecule has 4 aliphatic rings. The smallest absolute Gasteiger partial charge is 0.404 e. The maximum absolute atomic E-state index is 14.9. The molecule has 52 heavy (non-hydrogen) atoms. The fraction of sp³-hybridized carbons (Fsp3) is 0.500. The number of alkyl halides is 1. The Balaban J connectivity index is 0.971. The van der Waals surface area contributed by atoms with E-state index in [2.05, 4.69) is 20.0 Å². The second kappa shape index (κ2) is 13.9. The first-order valence-corrected chi connectivity index (χ1v) is 18.6. The number of H-pyrrole nitrogens is 2. The van der Waals surface area contributed by atoms with Crippen LogP contribution in [0.1, 0.15) is 47.6 Å². The molecule has 6 heterocycles. The van der Waals surface area contributed by atoms with Crippen LogP contribution in [-0.4, -0.2) is 56.7 Å². The van der Waals surface area contributed by atoms with Crippen molar-refractivity contribution in [2.75, 3.05) is 13.2 Å². The number of aromatic nitrogens is 4. The summed E-state index contributed by atoms with van der Waals surface area (Å²) in [5, 5.41) is 3.70. The van der Waals surface area contributed by atoms with E-state index in [1.54, 1.807) is 0 Å². The maximum Gasteiger partial charge on any atom is 0.530 e. The molecule has 0 spiro atoms. The summed E-state index contributed by atoms with van der Waals surface area (Å²) in [6, 6.07) is 2.01. The van der Waals surface area contributed by atoms with Gasteiger partial charge in [0.15, 0.2) is 0 Å². The summed E-state index contributed by atoms with van der Waals surface area (Å²) in [4.78, 5) is 55.2. The summed E-state index contributed by atoms with van der Waals surface area (Å²) >= 11 is 0. The fourth-order valence-electron chi connectivity index (χ4n) is 5.92. The summed E-state index contributed by atoms with van der Waals surface area (Å²) in [5.74, 6) is 0.162. The number of ether oxygens (including phenoxy) is 2. The first-order chi connectivity index (χ1) is 24.7. The van der Waals surface area contributed by atoms with Crippen LogP contribution >= 0.6 is 15.6 Å². The van der Waals surface area contributed by atoms with Crippen molar-refractivity contribution in [1.82, 2.24) is 19.1 Å². The summed E-state index contributed by atoms with van der Waals surface area (Å²) in [5.41, 5.74) is 7.58. The number of hydrogen-bond donors (Lipinski definition) is 2. The number of phosphoric acid groups is 2. The van der Waals surface area contributed by atoms with Gasteiger partial charge < -0.3 is 18.5 Å². The van der Waals surface area contributed by atoms with Crippen molar-refractivity contribution in [2.24, 2.45) is 5.11 Å². The number of nitrogens with zero attached hydrogens (tertiary/aromatic N) is 5. The van der Waals surface area contributed by atoms with Crippen LogP contribution in [0.15, 0.2) is 48.8 Å². The second-order valence-electron chi connectivity index (χ2n) is 12.3. The summed E-state index contributed by atoms with van der Waals surface area (Å²) in [6.45, 7) is 1.42. The van der Waals surface area contributed by atoms with Gasteiger partial charge in [0.2, 0.25) is 0 Å². The molecule has 2 fully saturated rings. The maximum atomic E-state index is 14.9. The number of benzene rings is 1. The molecular weight excluding hydrogens is 739 g/mol. The number of nitrogens with one attached hydrogen (secondary N) is 2. The predicted molar refractivity (Wildman–Crippen MR) is 171 cm³/mol. The third-order valence-corrected chi connectivity index (χ3v) is 11.4. The highest BCUT2D eigenvalue weighted by Crippen LogP contribution is 2.59. The molecular formula is C28H30FN7O14P2. The van der Waals surface area contributed by atoms with Gasteiger partial charge in [-0.3, -0.25) is 46.8 Å². The lowest BCUT2D eigenvalue weighted by Crippen LogP contribution is -2.33. The van der Waals surface area contributed by atoms with Crippen LogP contribution in [0.3, 0.4) is 0 Å². The Morgan fingerprint density at radius 2 is 1.33 bits per heavy atom. The third-order valence-electron chi connectivity index (χ3n) is 8.69. The number of rotatable bonds is 9. The first kappa shape index (κ1) is 36.0. The van der Waals surface area contributed by atoms with Gasteiger partial charge >= 0.3 is 27.0 Å². The average molecular weight is 770 g/mol. The molecule has 1 aromatic carbocycles. The van der Waals surface area contributed by atoms with Gasteiger partial charge in [-0.2, -0.15) is 0 Å². The van der Waals surface area contributed by atoms with Gasteiger partial charge in [-0.05, 0) is 31.5 Å². The number of fused-ring (bicyclic) bond motifs is 2. The monoisotopic (exact) mass is 769 g/mol. The van der Waals surface area contributed by atoms with Crippen LogP contribution in [-0.2, 0) is 49.9 Å². The van der Waals surface area contributed by atoms with E-state index in [9.17, 15) is 32.7 Å². The third kappa shape index (κ3) is 7.17. The topological polar surface area (TPSA) is 266 Å². The van der Waals surface area contributed by atoms with Gasteiger partial charge in [0.05, 0.1) is 38.6 Å². The molecule has 0 bridgehead atoms. The molecule has 0 amide bonds. The zero-order chi connectivity index (χ0) is 36.9. The fourth-order valence-corrected chi connectivity index (χ4v) is 8.36. The minimum absolute atomic E-state index is 0.0540. The standard InChI is InChI=1S/C28H30FN7O14P2/c1-13-7-35(27(39)31-25(13)37)23-5-17(29)21(47-23)11-45-51(41)43-9-15-4-20-16(3-19(15)49-51)10-44-52(42,50-20)46-12-22-18(33-34-30)6-24(48-22)36-8-14(2)26(38)32-28(36)40/h3-4,7-8,17-18,21-24H,5-6,9-12H2,1-2H3,(H,31,37,39)(H,32,38,40)/t17?,18?,21-,22-,23-,24-,51?,52?/m1/s1. The Morgan fingerprint density at radius 1 is 0.846 bits per heavy atom. The Bertz CT molecular complexity index is 2300. The lowest BCUT2D eigenvalue weighted by molar-refractivity contribution is -0.0370. The van der Waals surface area contributed by atoms with Crippen molar-refractivity contribution in [3.8, 4) is 11.5 Å². The largest absolute Gasteiger partial charge is 0.530 e. The number of aryl methyl sites for hydroxylation is 2. The number of aromatic amines is 2. The summed E-state index contributed by atoms with van der Waals surface area (Å²) in [7, 11) is -8.55. The number of hydrogen-bond acceptors (Lipinski definition) is 15. The van der Waals surface area contributed by atoms with Gasteiger partial charge in [-0.1, -0.05) is 5.11 Å². The molecule has 2 N–H and O–H groups in total.